The minimum absolute atomic E-state index is 0.0287. The highest BCUT2D eigenvalue weighted by Gasteiger charge is 2.13. The Morgan fingerprint density at radius 2 is 1.77 bits per heavy atom. The average molecular weight is 413 g/mol. The second-order valence-corrected chi connectivity index (χ2v) is 6.69. The first-order valence-electron chi connectivity index (χ1n) is 9.14. The fraction of sp³-hybridized carbons (Fsp3) is 0.250. The average Bonchev–Trinajstić information content (AvgIpc) is 2.73. The molecule has 0 aliphatic carbocycles. The van der Waals surface area contributed by atoms with Crippen molar-refractivity contribution in [3.8, 4) is 0 Å². The number of benzene rings is 1. The molecule has 30 heavy (non-hydrogen) atoms. The van der Waals surface area contributed by atoms with Gasteiger partial charge in [0.2, 0.25) is 5.91 Å². The number of halogens is 1. The number of rotatable bonds is 6. The van der Waals surface area contributed by atoms with Gasteiger partial charge in [-0.3, -0.25) is 23.5 Å². The van der Waals surface area contributed by atoms with Gasteiger partial charge < -0.3 is 10.6 Å². The molecule has 0 unspecified atom stereocenters. The van der Waals surface area contributed by atoms with Crippen molar-refractivity contribution in [2.24, 2.45) is 14.1 Å². The lowest BCUT2D eigenvalue weighted by Crippen LogP contribution is -2.38. The summed E-state index contributed by atoms with van der Waals surface area (Å²) < 4.78 is 15.3. The number of nitrogens with one attached hydrogen (secondary N) is 2. The smallest absolute Gasteiger partial charge is 0.332 e. The predicted molar refractivity (Wildman–Crippen MR) is 108 cm³/mol. The van der Waals surface area contributed by atoms with Crippen molar-refractivity contribution in [3.05, 3.63) is 74.3 Å². The first-order valence-corrected chi connectivity index (χ1v) is 9.14. The van der Waals surface area contributed by atoms with E-state index in [9.17, 15) is 23.6 Å². The van der Waals surface area contributed by atoms with Crippen molar-refractivity contribution in [2.75, 3.05) is 13.1 Å². The van der Waals surface area contributed by atoms with Gasteiger partial charge in [0.25, 0.3) is 11.5 Å². The van der Waals surface area contributed by atoms with E-state index in [-0.39, 0.29) is 42.1 Å². The molecule has 0 aliphatic heterocycles. The number of hydrogen-bond acceptors (Lipinski definition) is 5. The van der Waals surface area contributed by atoms with E-state index >= 15 is 0 Å². The number of carbonyl (C=O) groups excluding carboxylic acids is 2. The van der Waals surface area contributed by atoms with Crippen molar-refractivity contribution < 1.29 is 14.0 Å². The molecule has 0 saturated heterocycles. The predicted octanol–water partition coefficient (Wildman–Crippen LogP) is -0.140. The van der Waals surface area contributed by atoms with Crippen molar-refractivity contribution in [2.45, 2.75) is 6.42 Å². The van der Waals surface area contributed by atoms with Gasteiger partial charge in [-0.15, -0.1) is 0 Å². The van der Waals surface area contributed by atoms with Crippen LogP contribution >= 0.6 is 0 Å². The lowest BCUT2D eigenvalue weighted by molar-refractivity contribution is -0.120. The van der Waals surface area contributed by atoms with Gasteiger partial charge in [0, 0.05) is 27.2 Å². The van der Waals surface area contributed by atoms with Gasteiger partial charge in [0.15, 0.2) is 0 Å². The maximum atomic E-state index is 13.1. The van der Waals surface area contributed by atoms with Crippen LogP contribution in [0.2, 0.25) is 0 Å². The van der Waals surface area contributed by atoms with E-state index in [1.807, 2.05) is 0 Å². The molecule has 2 heterocycles. The first-order chi connectivity index (χ1) is 14.3. The van der Waals surface area contributed by atoms with Gasteiger partial charge in [0.1, 0.15) is 17.2 Å². The van der Waals surface area contributed by atoms with E-state index in [0.717, 1.165) is 4.57 Å². The molecule has 0 atom stereocenters. The van der Waals surface area contributed by atoms with Crippen LogP contribution in [0.4, 0.5) is 4.39 Å². The molecule has 1 aromatic carbocycles. The van der Waals surface area contributed by atoms with E-state index in [1.54, 1.807) is 6.07 Å². The van der Waals surface area contributed by atoms with E-state index in [0.29, 0.717) is 5.56 Å². The van der Waals surface area contributed by atoms with Crippen LogP contribution in [0.15, 0.2) is 46.0 Å². The summed E-state index contributed by atoms with van der Waals surface area (Å²) in [5.41, 5.74) is -0.336. The SMILES string of the molecule is Cn1c(=O)c2ccc(C(=O)NCCNC(=O)Cc3cccc(F)c3)nc2n(C)c1=O. The summed E-state index contributed by atoms with van der Waals surface area (Å²) in [5.74, 6) is -1.22. The van der Waals surface area contributed by atoms with Crippen LogP contribution in [0.3, 0.4) is 0 Å². The van der Waals surface area contributed by atoms with Crippen LogP contribution in [-0.2, 0) is 25.3 Å². The zero-order chi connectivity index (χ0) is 21.8. The second-order valence-electron chi connectivity index (χ2n) is 6.69. The number of pyridine rings is 1. The number of aromatic nitrogens is 3. The normalized spacial score (nSPS) is 10.8. The van der Waals surface area contributed by atoms with Crippen LogP contribution in [-0.4, -0.2) is 39.0 Å². The standard InChI is InChI=1S/C20H20FN5O4/c1-25-17-14(19(29)26(2)20(25)30)6-7-15(24-17)18(28)23-9-8-22-16(27)11-12-4-3-5-13(21)10-12/h3-7,10H,8-9,11H2,1-2H3,(H,22,27)(H,23,28). The van der Waals surface area contributed by atoms with Gasteiger partial charge in [-0.1, -0.05) is 12.1 Å². The van der Waals surface area contributed by atoms with Crippen molar-refractivity contribution in [3.63, 3.8) is 0 Å². The molecule has 3 aromatic rings. The van der Waals surface area contributed by atoms with Gasteiger partial charge in [0.05, 0.1) is 11.8 Å². The summed E-state index contributed by atoms with van der Waals surface area (Å²) in [6.45, 7) is 0.315. The molecule has 0 bridgehead atoms. The summed E-state index contributed by atoms with van der Waals surface area (Å²) in [6, 6.07) is 8.60. The number of hydrogen-bond donors (Lipinski definition) is 2. The van der Waals surface area contributed by atoms with Crippen molar-refractivity contribution in [1.82, 2.24) is 24.8 Å². The molecule has 0 saturated carbocycles. The van der Waals surface area contributed by atoms with E-state index in [4.69, 9.17) is 0 Å². The minimum atomic E-state index is -0.543. The molecule has 3 rings (SSSR count). The Morgan fingerprint density at radius 1 is 1.03 bits per heavy atom. The number of fused-ring (bicyclic) bond motifs is 1. The molecule has 0 aliphatic rings. The van der Waals surface area contributed by atoms with E-state index < -0.39 is 23.0 Å². The van der Waals surface area contributed by atoms with Crippen LogP contribution in [0.25, 0.3) is 11.0 Å². The molecule has 10 heteroatoms. The van der Waals surface area contributed by atoms with Crippen LogP contribution in [0, 0.1) is 5.82 Å². The molecular formula is C20H20FN5O4. The fourth-order valence-electron chi connectivity index (χ4n) is 2.94. The minimum Gasteiger partial charge on any atom is -0.354 e. The Bertz CT molecular complexity index is 1250. The van der Waals surface area contributed by atoms with Gasteiger partial charge in [-0.2, -0.15) is 0 Å². The Kier molecular flexibility index (Phi) is 6.05. The Balaban J connectivity index is 1.58. The first kappa shape index (κ1) is 20.9. The van der Waals surface area contributed by atoms with Crippen LogP contribution < -0.4 is 21.9 Å². The molecule has 2 amide bonds. The molecule has 0 spiro atoms. The monoisotopic (exact) mass is 413 g/mol. The molecule has 0 fully saturated rings. The van der Waals surface area contributed by atoms with Gasteiger partial charge >= 0.3 is 5.69 Å². The maximum Gasteiger partial charge on any atom is 0.332 e. The molecule has 0 radical (unpaired) electrons. The highest BCUT2D eigenvalue weighted by atomic mass is 19.1. The van der Waals surface area contributed by atoms with Crippen LogP contribution in [0.1, 0.15) is 16.1 Å². The molecule has 2 N–H and O–H groups in total. The molecule has 9 nitrogen and oxygen atoms in total. The number of nitrogens with zero attached hydrogens (tertiary/aromatic N) is 3. The van der Waals surface area contributed by atoms with E-state index in [2.05, 4.69) is 15.6 Å². The maximum absolute atomic E-state index is 13.1. The Hall–Kier alpha value is -3.82. The summed E-state index contributed by atoms with van der Waals surface area (Å²) in [6.07, 6.45) is 0.0287. The quantitative estimate of drug-likeness (QED) is 0.546. The molecule has 2 aromatic heterocycles. The topological polar surface area (TPSA) is 115 Å². The molecular weight excluding hydrogens is 393 g/mol. The number of aryl methyl sites for hydroxylation is 1. The van der Waals surface area contributed by atoms with Crippen molar-refractivity contribution in [1.29, 1.82) is 0 Å². The second kappa shape index (κ2) is 8.68. The third-order valence-electron chi connectivity index (χ3n) is 4.52. The highest BCUT2D eigenvalue weighted by Crippen LogP contribution is 2.06. The third-order valence-corrected chi connectivity index (χ3v) is 4.52. The molecule has 156 valence electrons. The summed E-state index contributed by atoms with van der Waals surface area (Å²) >= 11 is 0. The lowest BCUT2D eigenvalue weighted by Gasteiger charge is -2.09. The lowest BCUT2D eigenvalue weighted by atomic mass is 10.1. The third kappa shape index (κ3) is 4.43. The van der Waals surface area contributed by atoms with Gasteiger partial charge in [-0.25, -0.2) is 14.2 Å². The fourth-order valence-corrected chi connectivity index (χ4v) is 2.94. The summed E-state index contributed by atoms with van der Waals surface area (Å²) in [7, 11) is 2.83. The largest absolute Gasteiger partial charge is 0.354 e. The van der Waals surface area contributed by atoms with Crippen LogP contribution in [0.5, 0.6) is 0 Å². The van der Waals surface area contributed by atoms with Gasteiger partial charge in [-0.05, 0) is 29.8 Å². The zero-order valence-electron chi connectivity index (χ0n) is 16.4. The Labute approximate surface area is 170 Å². The summed E-state index contributed by atoms with van der Waals surface area (Å²) in [4.78, 5) is 52.5. The van der Waals surface area contributed by atoms with E-state index in [1.165, 1.54) is 49.0 Å². The number of amides is 2. The summed E-state index contributed by atoms with van der Waals surface area (Å²) in [5, 5.41) is 5.46. The zero-order valence-corrected chi connectivity index (χ0v) is 16.4. The Morgan fingerprint density at radius 3 is 2.50 bits per heavy atom. The highest BCUT2D eigenvalue weighted by molar-refractivity contribution is 5.94. The number of carbonyl (C=O) groups is 2. The van der Waals surface area contributed by atoms with Crippen molar-refractivity contribution >= 4 is 22.8 Å².